The largest absolute Gasteiger partial charge is 0.361 e. The van der Waals surface area contributed by atoms with Crippen LogP contribution >= 0.6 is 0 Å². The molecule has 128 valence electrons. The van der Waals surface area contributed by atoms with Gasteiger partial charge >= 0.3 is 0 Å². The van der Waals surface area contributed by atoms with E-state index in [2.05, 4.69) is 20.3 Å². The van der Waals surface area contributed by atoms with Gasteiger partial charge in [-0.05, 0) is 39.5 Å². The van der Waals surface area contributed by atoms with E-state index >= 15 is 0 Å². The molecule has 0 bridgehead atoms. The topological polar surface area (TPSA) is 87.9 Å². The summed E-state index contributed by atoms with van der Waals surface area (Å²) >= 11 is 0. The highest BCUT2D eigenvalue weighted by atomic mass is 16.5. The molecule has 2 fully saturated rings. The number of likely N-dealkylation sites (tertiary alicyclic amines) is 1. The van der Waals surface area contributed by atoms with Crippen LogP contribution in [0, 0.1) is 13.8 Å². The van der Waals surface area contributed by atoms with Crippen LogP contribution in [0.5, 0.6) is 0 Å². The number of aromatic nitrogens is 4. The lowest BCUT2D eigenvalue weighted by atomic mass is 9.96. The maximum absolute atomic E-state index is 12.7. The highest BCUT2D eigenvalue weighted by Gasteiger charge is 2.31. The summed E-state index contributed by atoms with van der Waals surface area (Å²) in [5.74, 6) is 3.56. The van der Waals surface area contributed by atoms with Gasteiger partial charge in [0.15, 0.2) is 5.82 Å². The van der Waals surface area contributed by atoms with Gasteiger partial charge in [-0.3, -0.25) is 9.89 Å². The Bertz CT molecular complexity index is 726. The SMILES string of the molecule is Cc1noc(C)c1CC(=O)N1CCCC(c2n[nH]c(C3CC3)n2)C1. The van der Waals surface area contributed by atoms with Crippen molar-refractivity contribution in [1.82, 2.24) is 25.2 Å². The fourth-order valence-corrected chi connectivity index (χ4v) is 3.44. The lowest BCUT2D eigenvalue weighted by Crippen LogP contribution is -2.40. The molecule has 1 aliphatic heterocycles. The minimum absolute atomic E-state index is 0.132. The van der Waals surface area contributed by atoms with Crippen molar-refractivity contribution in [3.63, 3.8) is 0 Å². The molecule has 0 radical (unpaired) electrons. The number of piperidine rings is 1. The van der Waals surface area contributed by atoms with Crippen LogP contribution in [0.3, 0.4) is 0 Å². The minimum Gasteiger partial charge on any atom is -0.361 e. The number of rotatable bonds is 4. The maximum Gasteiger partial charge on any atom is 0.227 e. The Morgan fingerprint density at radius 1 is 1.29 bits per heavy atom. The van der Waals surface area contributed by atoms with Crippen molar-refractivity contribution in [2.24, 2.45) is 0 Å². The normalized spacial score (nSPS) is 21.2. The first-order valence-electron chi connectivity index (χ1n) is 8.73. The molecule has 0 spiro atoms. The molecule has 1 aliphatic carbocycles. The van der Waals surface area contributed by atoms with Gasteiger partial charge < -0.3 is 9.42 Å². The first kappa shape index (κ1) is 15.4. The Balaban J connectivity index is 1.43. The molecule has 2 aromatic rings. The summed E-state index contributed by atoms with van der Waals surface area (Å²) in [4.78, 5) is 19.3. The monoisotopic (exact) mass is 329 g/mol. The molecular weight excluding hydrogens is 306 g/mol. The molecule has 1 atom stereocenters. The molecule has 7 heteroatoms. The van der Waals surface area contributed by atoms with Crippen LogP contribution in [0.2, 0.25) is 0 Å². The van der Waals surface area contributed by atoms with E-state index in [0.29, 0.717) is 18.9 Å². The van der Waals surface area contributed by atoms with E-state index in [-0.39, 0.29) is 11.8 Å². The summed E-state index contributed by atoms with van der Waals surface area (Å²) in [5, 5.41) is 11.4. The Labute approximate surface area is 140 Å². The molecule has 7 nitrogen and oxygen atoms in total. The van der Waals surface area contributed by atoms with Gasteiger partial charge in [-0.1, -0.05) is 5.16 Å². The zero-order chi connectivity index (χ0) is 16.7. The number of nitrogens with zero attached hydrogens (tertiary/aromatic N) is 4. The van der Waals surface area contributed by atoms with E-state index in [0.717, 1.165) is 48.1 Å². The fraction of sp³-hybridized carbons (Fsp3) is 0.647. The molecule has 3 heterocycles. The molecule has 1 amide bonds. The summed E-state index contributed by atoms with van der Waals surface area (Å²) in [6, 6.07) is 0. The van der Waals surface area contributed by atoms with Crippen LogP contribution in [0.25, 0.3) is 0 Å². The number of carbonyl (C=O) groups excluding carboxylic acids is 1. The third-order valence-corrected chi connectivity index (χ3v) is 5.13. The van der Waals surface area contributed by atoms with E-state index in [1.807, 2.05) is 18.7 Å². The number of carbonyl (C=O) groups is 1. The van der Waals surface area contributed by atoms with Gasteiger partial charge in [-0.25, -0.2) is 4.98 Å². The van der Waals surface area contributed by atoms with E-state index in [1.165, 1.54) is 12.8 Å². The molecular formula is C17H23N5O2. The number of nitrogens with one attached hydrogen (secondary N) is 1. The number of hydrogen-bond donors (Lipinski definition) is 1. The second kappa shape index (κ2) is 6.03. The predicted molar refractivity (Wildman–Crippen MR) is 86.6 cm³/mol. The van der Waals surface area contributed by atoms with Crippen molar-refractivity contribution in [3.05, 3.63) is 28.7 Å². The lowest BCUT2D eigenvalue weighted by molar-refractivity contribution is -0.131. The van der Waals surface area contributed by atoms with Gasteiger partial charge in [-0.2, -0.15) is 5.10 Å². The number of aromatic amines is 1. The summed E-state index contributed by atoms with van der Waals surface area (Å²) in [5.41, 5.74) is 1.72. The van der Waals surface area contributed by atoms with Gasteiger partial charge in [0.25, 0.3) is 0 Å². The van der Waals surface area contributed by atoms with Crippen molar-refractivity contribution in [3.8, 4) is 0 Å². The molecule has 0 aromatic carbocycles. The lowest BCUT2D eigenvalue weighted by Gasteiger charge is -2.31. The van der Waals surface area contributed by atoms with Crippen LogP contribution in [0.15, 0.2) is 4.52 Å². The predicted octanol–water partition coefficient (Wildman–Crippen LogP) is 2.24. The third kappa shape index (κ3) is 2.95. The third-order valence-electron chi connectivity index (χ3n) is 5.13. The number of aryl methyl sites for hydroxylation is 2. The zero-order valence-corrected chi connectivity index (χ0v) is 14.2. The summed E-state index contributed by atoms with van der Waals surface area (Å²) in [7, 11) is 0. The number of hydrogen-bond acceptors (Lipinski definition) is 5. The van der Waals surface area contributed by atoms with Gasteiger partial charge in [0.05, 0.1) is 12.1 Å². The average molecular weight is 329 g/mol. The van der Waals surface area contributed by atoms with Crippen LogP contribution in [0.4, 0.5) is 0 Å². The second-order valence-electron chi connectivity index (χ2n) is 7.01. The Morgan fingerprint density at radius 3 is 2.83 bits per heavy atom. The van der Waals surface area contributed by atoms with E-state index in [4.69, 9.17) is 4.52 Å². The minimum atomic E-state index is 0.132. The molecule has 2 aliphatic rings. The van der Waals surface area contributed by atoms with Crippen molar-refractivity contribution in [1.29, 1.82) is 0 Å². The van der Waals surface area contributed by atoms with Gasteiger partial charge in [0.2, 0.25) is 5.91 Å². The highest BCUT2D eigenvalue weighted by molar-refractivity contribution is 5.79. The zero-order valence-electron chi connectivity index (χ0n) is 14.2. The van der Waals surface area contributed by atoms with Crippen LogP contribution in [0.1, 0.15) is 66.2 Å². The van der Waals surface area contributed by atoms with E-state index in [1.54, 1.807) is 0 Å². The summed E-state index contributed by atoms with van der Waals surface area (Å²) in [6.07, 6.45) is 4.81. The maximum atomic E-state index is 12.7. The van der Waals surface area contributed by atoms with Crippen molar-refractivity contribution >= 4 is 5.91 Å². The highest BCUT2D eigenvalue weighted by Crippen LogP contribution is 2.38. The number of amides is 1. The second-order valence-corrected chi connectivity index (χ2v) is 7.01. The smallest absolute Gasteiger partial charge is 0.227 e. The summed E-state index contributed by atoms with van der Waals surface area (Å²) < 4.78 is 5.16. The van der Waals surface area contributed by atoms with Crippen molar-refractivity contribution < 1.29 is 9.32 Å². The molecule has 1 N–H and O–H groups in total. The number of H-pyrrole nitrogens is 1. The van der Waals surface area contributed by atoms with Gasteiger partial charge in [0.1, 0.15) is 11.6 Å². The molecule has 4 rings (SSSR count). The van der Waals surface area contributed by atoms with Crippen LogP contribution in [-0.2, 0) is 11.2 Å². The Morgan fingerprint density at radius 2 is 2.12 bits per heavy atom. The van der Waals surface area contributed by atoms with Gasteiger partial charge in [0, 0.05) is 30.5 Å². The van der Waals surface area contributed by atoms with Crippen molar-refractivity contribution in [2.45, 2.75) is 57.8 Å². The van der Waals surface area contributed by atoms with Crippen molar-refractivity contribution in [2.75, 3.05) is 13.1 Å². The molecule has 1 saturated carbocycles. The van der Waals surface area contributed by atoms with E-state index in [9.17, 15) is 4.79 Å². The van der Waals surface area contributed by atoms with E-state index < -0.39 is 0 Å². The first-order valence-corrected chi connectivity index (χ1v) is 8.73. The van der Waals surface area contributed by atoms with Gasteiger partial charge in [-0.15, -0.1) is 0 Å². The quantitative estimate of drug-likeness (QED) is 0.929. The fourth-order valence-electron chi connectivity index (χ4n) is 3.44. The van der Waals surface area contributed by atoms with Crippen LogP contribution < -0.4 is 0 Å². The standard InChI is InChI=1S/C17H23N5O2/c1-10-14(11(2)24-21-10)8-15(23)22-7-3-4-13(9-22)17-18-16(19-20-17)12-5-6-12/h12-13H,3-9H2,1-2H3,(H,18,19,20). The molecule has 24 heavy (non-hydrogen) atoms. The molecule has 2 aromatic heterocycles. The molecule has 1 unspecified atom stereocenters. The Kier molecular flexibility index (Phi) is 3.86. The first-order chi connectivity index (χ1) is 11.6. The molecule has 1 saturated heterocycles. The Hall–Kier alpha value is -2.18. The summed E-state index contributed by atoms with van der Waals surface area (Å²) in [6.45, 7) is 5.24. The average Bonchev–Trinajstić information content (AvgIpc) is 3.25. The van der Waals surface area contributed by atoms with Crippen LogP contribution in [-0.4, -0.2) is 44.2 Å².